The maximum Gasteiger partial charge on any atom is 1.00 e. The summed E-state index contributed by atoms with van der Waals surface area (Å²) in [6.45, 7) is -3.23. The molecule has 5 aliphatic rings. The molecule has 0 amide bonds. The Morgan fingerprint density at radius 2 is 0.724 bits per heavy atom. The number of benzene rings is 6. The Hall–Kier alpha value is -5.35. The summed E-state index contributed by atoms with van der Waals surface area (Å²) in [5.74, 6) is -3.87. The first-order valence-corrected chi connectivity index (χ1v) is 33.7. The van der Waals surface area contributed by atoms with Gasteiger partial charge in [-0.3, -0.25) is 0 Å². The van der Waals surface area contributed by atoms with Crippen LogP contribution in [0.5, 0.6) is 0 Å². The maximum atomic E-state index is 14.0. The molecule has 5 heterocycles. The van der Waals surface area contributed by atoms with E-state index in [1.165, 1.54) is 7.11 Å². The molecule has 5 fully saturated rings. The van der Waals surface area contributed by atoms with Crippen molar-refractivity contribution in [3.63, 3.8) is 0 Å². The molecule has 32 heteroatoms. The van der Waals surface area contributed by atoms with E-state index < -0.39 is 185 Å². The van der Waals surface area contributed by atoms with Crippen molar-refractivity contribution in [2.75, 3.05) is 26.9 Å². The van der Waals surface area contributed by atoms with Crippen molar-refractivity contribution in [2.45, 2.75) is 193 Å². The molecule has 25 atom stereocenters. The minimum atomic E-state index is -2.31. The number of aliphatic carboxylic acids is 2. The van der Waals surface area contributed by atoms with Gasteiger partial charge in [0.15, 0.2) is 31.5 Å². The Labute approximate surface area is 650 Å². The van der Waals surface area contributed by atoms with E-state index in [1.54, 1.807) is 115 Å². The fourth-order valence-electron chi connectivity index (χ4n) is 13.1. The SMILES string of the molecule is CO[C@H]1O[C@H](CO)[C@@H](O[C@@H]2O[C@@H](C(=O)[O-])[C@@H](O[C@H]3O[C@H](CO)[C@@H](O)[C@H](O[C@@H]4O[C@H](C(=O)[O-])[C@@H](O[C@H]5O[C@H](CO)[C@@H](OCc6ccccc6)[C@H](OCc6ccccc6)[C@H]5N)[C@H](OCc5ccccc5)[C@H]4OCc4ccccc4)[C@H]3N=[N+]=[N-])[C@H](OCc3ccccc3)[C@H]2O)[C@H](OCc2ccccc2)[C@H]1N.[Na+].[Na+]. The number of azide groups is 1. The smallest absolute Gasteiger partial charge is 0.547 e. The second-order valence-corrected chi connectivity index (χ2v) is 25.2. The Bertz CT molecular complexity index is 3590. The van der Waals surface area contributed by atoms with Gasteiger partial charge in [0.05, 0.1) is 83.5 Å². The summed E-state index contributed by atoms with van der Waals surface area (Å²) in [6, 6.07) is 48.9. The quantitative estimate of drug-likeness (QED) is 0.00877. The molecule has 6 aromatic rings. The van der Waals surface area contributed by atoms with Crippen LogP contribution in [-0.4, -0.2) is 218 Å². The third-order valence-corrected chi connectivity index (χ3v) is 18.3. The Balaban J connectivity index is 0.00000638. The molecule has 5 aliphatic heterocycles. The number of nitrogens with zero attached hydrogens (tertiary/aromatic N) is 3. The fraction of sp³-hybridized carbons (Fsp3) is 0.479. The number of nitrogens with two attached hydrogens (primary N) is 2. The van der Waals surface area contributed by atoms with E-state index in [9.17, 15) is 50.9 Å². The van der Waals surface area contributed by atoms with Crippen LogP contribution in [0.4, 0.5) is 0 Å². The molecule has 0 aromatic heterocycles. The van der Waals surface area contributed by atoms with Crippen molar-refractivity contribution in [2.24, 2.45) is 16.6 Å². The van der Waals surface area contributed by atoms with Gasteiger partial charge in [-0.15, -0.1) is 0 Å². The van der Waals surface area contributed by atoms with Gasteiger partial charge in [0, 0.05) is 12.0 Å². The standard InChI is InChI=1S/C73H87N5O25.2Na/c1-88-69-50(74)58(91-37-43-24-12-4-13-25-43)56(49(34-81)96-69)98-72-54(83)60(92-38-44-26-14-5-15-27-44)62(64(102-72)67(84)85)101-71-52(77-78-76)59(53(82)47(32-79)95-71)99-73-66(94-40-46-30-18-7-19-31-46)61(93-39-45-28-16-6-17-29-45)63(65(103-73)68(86)87)100-70-51(75)57(90-36-42-22-10-3-11-23-42)55(48(33-80)97-70)89-35-41-20-8-2-9-21-41;;/h2-31,47-66,69-73,79-83H,32-40,74-75H2,1H3,(H,84,85)(H,86,87);;/q;2*+1/p-2/t47-,48-,49-,50-,51-,52-,53-,54-,55-,56-,57-,58-,59-,60-,61+,62+,63+,64-,65+,66-,69+,70-,71-,72-,73-;;/m1../s1. The first-order valence-electron chi connectivity index (χ1n) is 33.7. The summed E-state index contributed by atoms with van der Waals surface area (Å²) >= 11 is 0. The molecule has 105 heavy (non-hydrogen) atoms. The number of carbonyl (C=O) groups is 2. The van der Waals surface area contributed by atoms with Crippen molar-refractivity contribution in [3.05, 3.63) is 226 Å². The zero-order chi connectivity index (χ0) is 72.4. The number of hydrogen-bond donors (Lipinski definition) is 7. The number of hydrogen-bond acceptors (Lipinski definition) is 28. The largest absolute Gasteiger partial charge is 1.00 e. The molecule has 0 radical (unpaired) electrons. The van der Waals surface area contributed by atoms with Gasteiger partial charge in [-0.25, -0.2) is 0 Å². The van der Waals surface area contributed by atoms with Crippen molar-refractivity contribution in [3.8, 4) is 0 Å². The Morgan fingerprint density at radius 3 is 1.14 bits per heavy atom. The summed E-state index contributed by atoms with van der Waals surface area (Å²) < 4.78 is 102. The molecular weight excluding hydrogens is 1390 g/mol. The molecule has 0 saturated carbocycles. The number of carboxylic acid groups (broad SMARTS) is 2. The van der Waals surface area contributed by atoms with Crippen LogP contribution in [0.15, 0.2) is 187 Å². The number of ether oxygens (including phenoxy) is 16. The van der Waals surface area contributed by atoms with Crippen LogP contribution in [0, 0.1) is 0 Å². The van der Waals surface area contributed by atoms with E-state index in [0.29, 0.717) is 16.7 Å². The van der Waals surface area contributed by atoms with Gasteiger partial charge in [0.1, 0.15) is 110 Å². The van der Waals surface area contributed by atoms with E-state index in [1.807, 2.05) is 66.7 Å². The van der Waals surface area contributed by atoms with Crippen molar-refractivity contribution >= 4 is 11.9 Å². The number of carbonyl (C=O) groups excluding carboxylic acids is 2. The van der Waals surface area contributed by atoms with Crippen LogP contribution in [0.1, 0.15) is 33.4 Å². The van der Waals surface area contributed by atoms with E-state index >= 15 is 0 Å². The predicted octanol–water partition coefficient (Wildman–Crippen LogP) is -5.15. The van der Waals surface area contributed by atoms with Gasteiger partial charge in [-0.05, 0) is 38.9 Å². The maximum absolute atomic E-state index is 14.0. The molecule has 0 spiro atoms. The Morgan fingerprint density at radius 1 is 0.400 bits per heavy atom. The van der Waals surface area contributed by atoms with Crippen molar-refractivity contribution in [1.29, 1.82) is 0 Å². The van der Waals surface area contributed by atoms with Gasteiger partial charge in [0.2, 0.25) is 0 Å². The van der Waals surface area contributed by atoms with Crippen LogP contribution in [0.25, 0.3) is 10.4 Å². The van der Waals surface area contributed by atoms with Crippen LogP contribution >= 0.6 is 0 Å². The summed E-state index contributed by atoms with van der Waals surface area (Å²) in [7, 11) is 1.33. The monoisotopic (exact) mass is 1480 g/mol. The van der Waals surface area contributed by atoms with Crippen LogP contribution < -0.4 is 80.8 Å². The third-order valence-electron chi connectivity index (χ3n) is 18.3. The van der Waals surface area contributed by atoms with Gasteiger partial charge in [-0.2, -0.15) is 0 Å². The predicted molar refractivity (Wildman–Crippen MR) is 352 cm³/mol. The number of rotatable bonds is 33. The third kappa shape index (κ3) is 21.4. The zero-order valence-electron chi connectivity index (χ0n) is 58.0. The molecule has 0 bridgehead atoms. The number of aliphatic hydroxyl groups excluding tert-OH is 5. The average Bonchev–Trinajstić information content (AvgIpc) is 0.762. The zero-order valence-corrected chi connectivity index (χ0v) is 62.0. The molecule has 554 valence electrons. The van der Waals surface area contributed by atoms with Gasteiger partial charge < -0.3 is 133 Å². The van der Waals surface area contributed by atoms with E-state index in [4.69, 9.17) is 87.3 Å². The summed E-state index contributed by atoms with van der Waals surface area (Å²) in [5, 5.41) is 89.5. The minimum Gasteiger partial charge on any atom is -0.547 e. The topological polar surface area (TPSA) is 430 Å². The molecule has 30 nitrogen and oxygen atoms in total. The molecule has 0 aliphatic carbocycles. The van der Waals surface area contributed by atoms with Crippen LogP contribution in [0.2, 0.25) is 0 Å². The van der Waals surface area contributed by atoms with Gasteiger partial charge in [0.25, 0.3) is 0 Å². The first kappa shape index (κ1) is 83.7. The van der Waals surface area contributed by atoms with Gasteiger partial charge >= 0.3 is 59.1 Å². The Kier molecular flexibility index (Phi) is 33.0. The minimum absolute atomic E-state index is 0. The molecule has 6 aromatic carbocycles. The average molecular weight is 1480 g/mol. The first-order chi connectivity index (χ1) is 50.2. The molecule has 5 saturated heterocycles. The molecular formula is C73H85N5Na2O25. The second kappa shape index (κ2) is 41.4. The van der Waals surface area contributed by atoms with E-state index in [2.05, 4.69) is 10.0 Å². The number of aliphatic hydroxyl groups is 5. The molecule has 0 unspecified atom stereocenters. The fourth-order valence-corrected chi connectivity index (χ4v) is 13.1. The van der Waals surface area contributed by atoms with Crippen molar-refractivity contribution in [1.82, 2.24) is 0 Å². The molecule has 9 N–H and O–H groups in total. The van der Waals surface area contributed by atoms with Crippen molar-refractivity contribution < 1.29 is 180 Å². The van der Waals surface area contributed by atoms with E-state index in [0.717, 1.165) is 16.7 Å². The summed E-state index contributed by atoms with van der Waals surface area (Å²) in [6.07, 6.45) is -37.6. The summed E-state index contributed by atoms with van der Waals surface area (Å²) in [4.78, 5) is 30.7. The van der Waals surface area contributed by atoms with Crippen LogP contribution in [-0.2, 0) is 125 Å². The normalized spacial score (nSPS) is 33.2. The van der Waals surface area contributed by atoms with Gasteiger partial charge in [-0.1, -0.05) is 187 Å². The second-order valence-electron chi connectivity index (χ2n) is 25.2. The molecule has 11 rings (SSSR count). The number of methoxy groups -OCH3 is 1. The number of carboxylic acids is 2. The van der Waals surface area contributed by atoms with E-state index in [-0.39, 0.29) is 98.8 Å². The van der Waals surface area contributed by atoms with Crippen LogP contribution in [0.3, 0.4) is 0 Å². The summed E-state index contributed by atoms with van der Waals surface area (Å²) in [5.41, 5.74) is 28.2.